The van der Waals surface area contributed by atoms with E-state index >= 15 is 0 Å². The molecule has 0 aliphatic carbocycles. The van der Waals surface area contributed by atoms with Crippen molar-refractivity contribution in [3.05, 3.63) is 0 Å². The molecule has 0 fully saturated rings. The van der Waals surface area contributed by atoms with Crippen LogP contribution in [-0.4, -0.2) is 19.0 Å². The Labute approximate surface area is 122 Å². The molecule has 0 rings (SSSR count). The van der Waals surface area contributed by atoms with Gasteiger partial charge in [0.05, 0.1) is 7.14 Å². The van der Waals surface area contributed by atoms with Crippen LogP contribution in [0.4, 0.5) is 0 Å². The molecule has 0 amide bonds. The topological polar surface area (TPSA) is 17.1 Å². The summed E-state index contributed by atoms with van der Waals surface area (Å²) in [5.41, 5.74) is 0. The number of unbranched alkanes of at least 4 members (excludes halogenated alkanes) is 2. The quantitative estimate of drug-likeness (QED) is 0.379. The molecule has 0 saturated heterocycles. The van der Waals surface area contributed by atoms with E-state index in [0.29, 0.717) is 11.8 Å². The summed E-state index contributed by atoms with van der Waals surface area (Å²) in [5.74, 6) is 1.39. The standard InChI is InChI=1S/C17H37OP/c1-6-10-12-16(8-3)14-19(5,18)15-17(9-4)13-11-7-2/h16-17H,6-15H2,1-5H3. The normalized spacial score (nSPS) is 17.9. The zero-order valence-electron chi connectivity index (χ0n) is 14.1. The molecule has 0 spiro atoms. The van der Waals surface area contributed by atoms with E-state index in [0.717, 1.165) is 12.3 Å². The zero-order chi connectivity index (χ0) is 14.7. The lowest BCUT2D eigenvalue weighted by Crippen LogP contribution is -2.12. The number of hydrogen-bond acceptors (Lipinski definition) is 1. The van der Waals surface area contributed by atoms with Crippen molar-refractivity contribution in [2.24, 2.45) is 11.8 Å². The van der Waals surface area contributed by atoms with Crippen molar-refractivity contribution in [2.75, 3.05) is 19.0 Å². The highest BCUT2D eigenvalue weighted by molar-refractivity contribution is 7.63. The summed E-state index contributed by atoms with van der Waals surface area (Å²) in [6.45, 7) is 11.1. The summed E-state index contributed by atoms with van der Waals surface area (Å²) in [7, 11) is -1.92. The fourth-order valence-corrected chi connectivity index (χ4v) is 6.22. The van der Waals surface area contributed by atoms with Crippen molar-refractivity contribution in [1.29, 1.82) is 0 Å². The van der Waals surface area contributed by atoms with Gasteiger partial charge in [-0.15, -0.1) is 0 Å². The highest BCUT2D eigenvalue weighted by Gasteiger charge is 2.24. The van der Waals surface area contributed by atoms with Gasteiger partial charge in [0.15, 0.2) is 0 Å². The molecule has 0 N–H and O–H groups in total. The van der Waals surface area contributed by atoms with E-state index in [-0.39, 0.29) is 0 Å². The SMILES string of the molecule is CCCCC(CC)CP(C)(=O)CC(CC)CCCC. The smallest absolute Gasteiger partial charge is 0.0853 e. The predicted octanol–water partition coefficient (Wildman–Crippen LogP) is 6.41. The maximum atomic E-state index is 12.9. The van der Waals surface area contributed by atoms with Gasteiger partial charge >= 0.3 is 0 Å². The first-order valence-electron chi connectivity index (χ1n) is 8.54. The van der Waals surface area contributed by atoms with Crippen LogP contribution in [0.5, 0.6) is 0 Å². The van der Waals surface area contributed by atoms with E-state index in [1.807, 2.05) is 0 Å². The van der Waals surface area contributed by atoms with Crippen LogP contribution < -0.4 is 0 Å². The van der Waals surface area contributed by atoms with E-state index in [1.165, 1.54) is 51.4 Å². The van der Waals surface area contributed by atoms with Crippen molar-refractivity contribution in [3.8, 4) is 0 Å². The van der Waals surface area contributed by atoms with Gasteiger partial charge in [0, 0.05) is 12.3 Å². The maximum Gasteiger partial charge on any atom is 0.0853 e. The third-order valence-corrected chi connectivity index (χ3v) is 6.95. The molecule has 0 saturated carbocycles. The number of hydrogen-bond donors (Lipinski definition) is 0. The summed E-state index contributed by atoms with van der Waals surface area (Å²) >= 11 is 0. The average molecular weight is 288 g/mol. The van der Waals surface area contributed by atoms with Crippen LogP contribution in [0, 0.1) is 11.8 Å². The minimum absolute atomic E-state index is 0.694. The number of rotatable bonds is 12. The molecule has 0 aromatic carbocycles. The van der Waals surface area contributed by atoms with Crippen LogP contribution in [0.2, 0.25) is 0 Å². The fraction of sp³-hybridized carbons (Fsp3) is 1.00. The van der Waals surface area contributed by atoms with Crippen LogP contribution in [0.1, 0.15) is 79.1 Å². The van der Waals surface area contributed by atoms with Gasteiger partial charge in [0.25, 0.3) is 0 Å². The van der Waals surface area contributed by atoms with Crippen LogP contribution in [-0.2, 0) is 4.57 Å². The first-order chi connectivity index (χ1) is 8.99. The van der Waals surface area contributed by atoms with Gasteiger partial charge in [0.2, 0.25) is 0 Å². The van der Waals surface area contributed by atoms with Crippen molar-refractivity contribution in [3.63, 3.8) is 0 Å². The molecule has 0 aliphatic rings. The highest BCUT2D eigenvalue weighted by atomic mass is 31.2. The summed E-state index contributed by atoms with van der Waals surface area (Å²) in [5, 5.41) is 0. The first kappa shape index (κ1) is 19.2. The Bertz CT molecular complexity index is 228. The molecular formula is C17H37OP. The third kappa shape index (κ3) is 9.72. The van der Waals surface area contributed by atoms with Crippen molar-refractivity contribution >= 4 is 7.14 Å². The minimum Gasteiger partial charge on any atom is -0.324 e. The van der Waals surface area contributed by atoms with Gasteiger partial charge in [-0.3, -0.25) is 0 Å². The molecule has 2 atom stereocenters. The Kier molecular flexibility index (Phi) is 11.1. The second-order valence-corrected chi connectivity index (χ2v) is 9.82. The van der Waals surface area contributed by atoms with Gasteiger partial charge in [-0.1, -0.05) is 79.1 Å². The molecule has 0 aromatic heterocycles. The predicted molar refractivity (Wildman–Crippen MR) is 89.9 cm³/mol. The van der Waals surface area contributed by atoms with Crippen molar-refractivity contribution < 1.29 is 4.57 Å². The van der Waals surface area contributed by atoms with Crippen molar-refractivity contribution in [1.82, 2.24) is 0 Å². The van der Waals surface area contributed by atoms with E-state index in [9.17, 15) is 4.57 Å². The Morgan fingerprint density at radius 1 is 0.789 bits per heavy atom. The molecule has 0 radical (unpaired) electrons. The van der Waals surface area contributed by atoms with E-state index < -0.39 is 7.14 Å². The minimum atomic E-state index is -1.92. The average Bonchev–Trinajstić information content (AvgIpc) is 2.39. The molecular weight excluding hydrogens is 251 g/mol. The molecule has 19 heavy (non-hydrogen) atoms. The highest BCUT2D eigenvalue weighted by Crippen LogP contribution is 2.47. The lowest BCUT2D eigenvalue weighted by atomic mass is 10.0. The molecule has 0 aliphatic heterocycles. The summed E-state index contributed by atoms with van der Waals surface area (Å²) < 4.78 is 12.9. The summed E-state index contributed by atoms with van der Waals surface area (Å²) in [6.07, 6.45) is 12.0. The van der Waals surface area contributed by atoms with E-state index in [4.69, 9.17) is 0 Å². The molecule has 0 bridgehead atoms. The first-order valence-corrected chi connectivity index (χ1v) is 11.1. The Morgan fingerprint density at radius 3 is 1.42 bits per heavy atom. The zero-order valence-corrected chi connectivity index (χ0v) is 15.0. The van der Waals surface area contributed by atoms with Gasteiger partial charge < -0.3 is 4.57 Å². The molecule has 116 valence electrons. The third-order valence-electron chi connectivity index (χ3n) is 4.38. The largest absolute Gasteiger partial charge is 0.324 e. The van der Waals surface area contributed by atoms with Crippen LogP contribution in [0.3, 0.4) is 0 Å². The van der Waals surface area contributed by atoms with Gasteiger partial charge in [-0.25, -0.2) is 0 Å². The lowest BCUT2D eigenvalue weighted by Gasteiger charge is -2.24. The van der Waals surface area contributed by atoms with E-state index in [2.05, 4.69) is 34.4 Å². The molecule has 0 aromatic rings. The summed E-state index contributed by atoms with van der Waals surface area (Å²) in [4.78, 5) is 0. The van der Waals surface area contributed by atoms with Gasteiger partial charge in [-0.2, -0.15) is 0 Å². The van der Waals surface area contributed by atoms with Crippen LogP contribution in [0.15, 0.2) is 0 Å². The van der Waals surface area contributed by atoms with E-state index in [1.54, 1.807) is 0 Å². The fourth-order valence-electron chi connectivity index (χ4n) is 3.00. The van der Waals surface area contributed by atoms with Gasteiger partial charge in [0.1, 0.15) is 0 Å². The summed E-state index contributed by atoms with van der Waals surface area (Å²) in [6, 6.07) is 0. The maximum absolute atomic E-state index is 12.9. The second-order valence-electron chi connectivity index (χ2n) is 6.49. The van der Waals surface area contributed by atoms with Gasteiger partial charge in [-0.05, 0) is 18.5 Å². The van der Waals surface area contributed by atoms with Crippen molar-refractivity contribution in [2.45, 2.75) is 79.1 Å². The Hall–Kier alpha value is 0.230. The molecule has 2 unspecified atom stereocenters. The second kappa shape index (κ2) is 11.0. The molecule has 0 heterocycles. The Morgan fingerprint density at radius 2 is 1.16 bits per heavy atom. The molecule has 2 heteroatoms. The lowest BCUT2D eigenvalue weighted by molar-refractivity contribution is 0.465. The molecule has 1 nitrogen and oxygen atoms in total. The van der Waals surface area contributed by atoms with Crippen LogP contribution in [0.25, 0.3) is 0 Å². The van der Waals surface area contributed by atoms with Crippen LogP contribution >= 0.6 is 7.14 Å². The monoisotopic (exact) mass is 288 g/mol. The Balaban J connectivity index is 4.29.